The highest BCUT2D eigenvalue weighted by Crippen LogP contribution is 2.22. The van der Waals surface area contributed by atoms with Crippen LogP contribution >= 0.6 is 0 Å². The van der Waals surface area contributed by atoms with Gasteiger partial charge in [-0.1, -0.05) is 0 Å². The summed E-state index contributed by atoms with van der Waals surface area (Å²) in [7, 11) is 5.28. The molecular weight excluding hydrogens is 284 g/mol. The highest BCUT2D eigenvalue weighted by Gasteiger charge is 2.25. The van der Waals surface area contributed by atoms with E-state index in [2.05, 4.69) is 10.3 Å². The van der Waals surface area contributed by atoms with E-state index in [1.54, 1.807) is 17.3 Å². The lowest BCUT2D eigenvalue weighted by molar-refractivity contribution is 0.0948. The molecule has 2 heterocycles. The van der Waals surface area contributed by atoms with Crippen molar-refractivity contribution in [2.45, 2.75) is 13.0 Å². The van der Waals surface area contributed by atoms with Gasteiger partial charge in [-0.3, -0.25) is 9.78 Å². The molecule has 120 valence electrons. The van der Waals surface area contributed by atoms with Gasteiger partial charge in [0.2, 0.25) is 0 Å². The van der Waals surface area contributed by atoms with Crippen LogP contribution in [0.25, 0.3) is 0 Å². The smallest absolute Gasteiger partial charge is 0.409 e. The number of hydrogen-bond donors (Lipinski definition) is 1. The Balaban J connectivity index is 2.09. The number of pyridine rings is 1. The van der Waals surface area contributed by atoms with E-state index in [4.69, 9.17) is 4.74 Å². The van der Waals surface area contributed by atoms with Gasteiger partial charge in [0.1, 0.15) is 0 Å². The molecule has 22 heavy (non-hydrogen) atoms. The van der Waals surface area contributed by atoms with E-state index in [0.717, 1.165) is 17.7 Å². The standard InChI is InChI=1S/C15H22N4O3/c1-18(2)7-5-17-14(20)13-9-16-8-11-10-19(15(21)22-3)6-4-12(11)13/h8-9H,4-7,10H2,1-3H3,(H,17,20). The third kappa shape index (κ3) is 3.73. The maximum atomic E-state index is 12.3. The zero-order valence-corrected chi connectivity index (χ0v) is 13.3. The maximum Gasteiger partial charge on any atom is 0.409 e. The summed E-state index contributed by atoms with van der Waals surface area (Å²) in [6, 6.07) is 0. The summed E-state index contributed by atoms with van der Waals surface area (Å²) in [6.07, 6.45) is 3.58. The quantitative estimate of drug-likeness (QED) is 0.876. The summed E-state index contributed by atoms with van der Waals surface area (Å²) in [4.78, 5) is 31.6. The van der Waals surface area contributed by atoms with Crippen molar-refractivity contribution in [1.82, 2.24) is 20.1 Å². The van der Waals surface area contributed by atoms with Gasteiger partial charge in [0, 0.05) is 32.0 Å². The number of nitrogens with zero attached hydrogens (tertiary/aromatic N) is 3. The molecule has 0 atom stereocenters. The summed E-state index contributed by atoms with van der Waals surface area (Å²) in [5.74, 6) is -0.113. The fourth-order valence-corrected chi connectivity index (χ4v) is 2.46. The number of likely N-dealkylation sites (N-methyl/N-ethyl adjacent to an activating group) is 1. The highest BCUT2D eigenvalue weighted by molar-refractivity contribution is 5.95. The molecule has 0 saturated carbocycles. The van der Waals surface area contributed by atoms with Crippen molar-refractivity contribution in [2.75, 3.05) is 40.8 Å². The lowest BCUT2D eigenvalue weighted by Crippen LogP contribution is -2.37. The molecule has 1 aromatic heterocycles. The van der Waals surface area contributed by atoms with E-state index in [1.807, 2.05) is 19.0 Å². The minimum absolute atomic E-state index is 0.113. The minimum Gasteiger partial charge on any atom is -0.453 e. The number of aromatic nitrogens is 1. The van der Waals surface area contributed by atoms with Gasteiger partial charge in [-0.2, -0.15) is 0 Å². The van der Waals surface area contributed by atoms with Gasteiger partial charge in [0.25, 0.3) is 5.91 Å². The molecule has 1 aliphatic heterocycles. The maximum absolute atomic E-state index is 12.3. The highest BCUT2D eigenvalue weighted by atomic mass is 16.5. The predicted molar refractivity (Wildman–Crippen MR) is 81.6 cm³/mol. The fraction of sp³-hybridized carbons (Fsp3) is 0.533. The second-order valence-corrected chi connectivity index (χ2v) is 5.53. The molecule has 2 rings (SSSR count). The Hall–Kier alpha value is -2.15. The summed E-state index contributed by atoms with van der Waals surface area (Å²) in [6.45, 7) is 2.34. The first-order valence-corrected chi connectivity index (χ1v) is 7.24. The fourth-order valence-electron chi connectivity index (χ4n) is 2.46. The molecule has 2 amide bonds. The van der Waals surface area contributed by atoms with Crippen molar-refractivity contribution in [3.8, 4) is 0 Å². The largest absolute Gasteiger partial charge is 0.453 e. The van der Waals surface area contributed by atoms with Gasteiger partial charge in [0.05, 0.1) is 19.2 Å². The van der Waals surface area contributed by atoms with Crippen LogP contribution in [0.5, 0.6) is 0 Å². The molecule has 0 unspecified atom stereocenters. The minimum atomic E-state index is -0.355. The first-order valence-electron chi connectivity index (χ1n) is 7.24. The normalized spacial score (nSPS) is 13.7. The molecule has 1 aliphatic rings. The average molecular weight is 306 g/mol. The number of rotatable bonds is 4. The van der Waals surface area contributed by atoms with E-state index in [9.17, 15) is 9.59 Å². The summed E-state index contributed by atoms with van der Waals surface area (Å²) < 4.78 is 4.74. The third-order valence-corrected chi connectivity index (χ3v) is 3.66. The Labute approximate surface area is 130 Å². The van der Waals surface area contributed by atoms with E-state index >= 15 is 0 Å². The first-order chi connectivity index (χ1) is 10.5. The SMILES string of the molecule is COC(=O)N1CCc2c(cncc2C(=O)NCCN(C)C)C1. The number of methoxy groups -OCH3 is 1. The van der Waals surface area contributed by atoms with Crippen LogP contribution in [0.1, 0.15) is 21.5 Å². The lowest BCUT2D eigenvalue weighted by atomic mass is 9.97. The molecule has 0 aliphatic carbocycles. The van der Waals surface area contributed by atoms with Gasteiger partial charge in [-0.15, -0.1) is 0 Å². The van der Waals surface area contributed by atoms with Crippen LogP contribution in [0, 0.1) is 0 Å². The third-order valence-electron chi connectivity index (χ3n) is 3.66. The van der Waals surface area contributed by atoms with E-state index in [0.29, 0.717) is 31.6 Å². The molecule has 1 aromatic rings. The van der Waals surface area contributed by atoms with Crippen molar-refractivity contribution in [3.05, 3.63) is 29.1 Å². The molecule has 7 nitrogen and oxygen atoms in total. The van der Waals surface area contributed by atoms with E-state index < -0.39 is 0 Å². The molecule has 0 saturated heterocycles. The average Bonchev–Trinajstić information content (AvgIpc) is 2.52. The van der Waals surface area contributed by atoms with Crippen LogP contribution in [-0.4, -0.2) is 67.6 Å². The van der Waals surface area contributed by atoms with Crippen molar-refractivity contribution >= 4 is 12.0 Å². The van der Waals surface area contributed by atoms with Crippen LogP contribution < -0.4 is 5.32 Å². The Morgan fingerprint density at radius 1 is 1.41 bits per heavy atom. The van der Waals surface area contributed by atoms with Crippen LogP contribution in [0.2, 0.25) is 0 Å². The zero-order valence-electron chi connectivity index (χ0n) is 13.3. The molecule has 0 radical (unpaired) electrons. The predicted octanol–water partition coefficient (Wildman–Crippen LogP) is 0.497. The molecule has 0 fully saturated rings. The Kier molecular flexibility index (Phi) is 5.32. The zero-order chi connectivity index (χ0) is 16.1. The number of nitrogens with one attached hydrogen (secondary N) is 1. The number of amides is 2. The number of carbonyl (C=O) groups excluding carboxylic acids is 2. The Morgan fingerprint density at radius 3 is 2.86 bits per heavy atom. The second kappa shape index (κ2) is 7.22. The monoisotopic (exact) mass is 306 g/mol. The Bertz CT molecular complexity index is 560. The second-order valence-electron chi connectivity index (χ2n) is 5.53. The van der Waals surface area contributed by atoms with Crippen molar-refractivity contribution in [2.24, 2.45) is 0 Å². The molecule has 0 spiro atoms. The molecular formula is C15H22N4O3. The van der Waals surface area contributed by atoms with Gasteiger partial charge in [0.15, 0.2) is 0 Å². The van der Waals surface area contributed by atoms with Crippen molar-refractivity contribution in [1.29, 1.82) is 0 Å². The van der Waals surface area contributed by atoms with E-state index in [-0.39, 0.29) is 12.0 Å². The van der Waals surface area contributed by atoms with Crippen molar-refractivity contribution < 1.29 is 14.3 Å². The first kappa shape index (κ1) is 16.2. The number of fused-ring (bicyclic) bond motifs is 1. The lowest BCUT2D eigenvalue weighted by Gasteiger charge is -2.28. The van der Waals surface area contributed by atoms with E-state index in [1.165, 1.54) is 7.11 Å². The van der Waals surface area contributed by atoms with Crippen LogP contribution in [0.4, 0.5) is 4.79 Å². The summed E-state index contributed by atoms with van der Waals surface area (Å²) in [5, 5.41) is 2.90. The van der Waals surface area contributed by atoms with Gasteiger partial charge in [-0.25, -0.2) is 4.79 Å². The van der Waals surface area contributed by atoms with Crippen LogP contribution in [0.3, 0.4) is 0 Å². The topological polar surface area (TPSA) is 74.8 Å². The summed E-state index contributed by atoms with van der Waals surface area (Å²) >= 11 is 0. The number of hydrogen-bond acceptors (Lipinski definition) is 5. The Morgan fingerprint density at radius 2 is 2.18 bits per heavy atom. The number of carbonyl (C=O) groups is 2. The molecule has 0 bridgehead atoms. The summed E-state index contributed by atoms with van der Waals surface area (Å²) in [5.41, 5.74) is 2.47. The molecule has 1 N–H and O–H groups in total. The number of ether oxygens (including phenoxy) is 1. The van der Waals surface area contributed by atoms with Gasteiger partial charge >= 0.3 is 6.09 Å². The van der Waals surface area contributed by atoms with Gasteiger partial charge < -0.3 is 19.9 Å². The van der Waals surface area contributed by atoms with Crippen LogP contribution in [-0.2, 0) is 17.7 Å². The van der Waals surface area contributed by atoms with Crippen LogP contribution in [0.15, 0.2) is 12.4 Å². The molecule has 7 heteroatoms. The van der Waals surface area contributed by atoms with Gasteiger partial charge in [-0.05, 0) is 31.6 Å². The van der Waals surface area contributed by atoms with Crippen molar-refractivity contribution in [3.63, 3.8) is 0 Å². The molecule has 0 aromatic carbocycles.